The third kappa shape index (κ3) is 1.44. The lowest BCUT2D eigenvalue weighted by atomic mass is 10.1. The highest BCUT2D eigenvalue weighted by Crippen LogP contribution is 2.25. The van der Waals surface area contributed by atoms with Crippen molar-refractivity contribution in [2.75, 3.05) is 20.3 Å². The zero-order valence-corrected chi connectivity index (χ0v) is 9.09. The smallest absolute Gasteiger partial charge is 0.161 e. The molecule has 16 heavy (non-hydrogen) atoms. The molecule has 0 bridgehead atoms. The molecule has 84 valence electrons. The molecule has 5 heteroatoms. The van der Waals surface area contributed by atoms with Gasteiger partial charge in [-0.1, -0.05) is 0 Å². The standard InChI is InChI=1S/C11H13N3O2/c1-15-9-2-3-10-12-13-11(14(10)6-9)8-4-5-16-7-8/h2-3,6,8H,4-5,7H2,1H3. The van der Waals surface area contributed by atoms with Crippen LogP contribution in [0.1, 0.15) is 18.2 Å². The molecule has 1 saturated heterocycles. The molecule has 1 unspecified atom stereocenters. The summed E-state index contributed by atoms with van der Waals surface area (Å²) in [5.41, 5.74) is 0.850. The number of methoxy groups -OCH3 is 1. The number of hydrogen-bond acceptors (Lipinski definition) is 4. The Morgan fingerprint density at radius 3 is 3.12 bits per heavy atom. The number of ether oxygens (including phenoxy) is 2. The molecule has 2 aromatic heterocycles. The van der Waals surface area contributed by atoms with Crippen LogP contribution in [0.3, 0.4) is 0 Å². The predicted octanol–water partition coefficient (Wildman–Crippen LogP) is 1.24. The molecule has 0 aliphatic carbocycles. The van der Waals surface area contributed by atoms with Gasteiger partial charge in [-0.2, -0.15) is 0 Å². The molecule has 0 amide bonds. The first-order chi connectivity index (χ1) is 7.88. The van der Waals surface area contributed by atoms with E-state index in [4.69, 9.17) is 9.47 Å². The van der Waals surface area contributed by atoms with Gasteiger partial charge in [0.05, 0.1) is 19.9 Å². The molecule has 2 aromatic rings. The van der Waals surface area contributed by atoms with Crippen molar-refractivity contribution in [1.29, 1.82) is 0 Å². The number of fused-ring (bicyclic) bond motifs is 1. The van der Waals surface area contributed by atoms with Gasteiger partial charge in [0.1, 0.15) is 11.6 Å². The summed E-state index contributed by atoms with van der Waals surface area (Å²) in [7, 11) is 1.66. The van der Waals surface area contributed by atoms with E-state index in [1.165, 1.54) is 0 Å². The van der Waals surface area contributed by atoms with E-state index >= 15 is 0 Å². The van der Waals surface area contributed by atoms with E-state index in [9.17, 15) is 0 Å². The molecule has 0 N–H and O–H groups in total. The molecule has 1 aliphatic rings. The molecule has 1 atom stereocenters. The average molecular weight is 219 g/mol. The lowest BCUT2D eigenvalue weighted by molar-refractivity contribution is 0.193. The quantitative estimate of drug-likeness (QED) is 0.762. The van der Waals surface area contributed by atoms with Crippen molar-refractivity contribution in [2.45, 2.75) is 12.3 Å². The van der Waals surface area contributed by atoms with Gasteiger partial charge < -0.3 is 9.47 Å². The molecule has 1 aliphatic heterocycles. The largest absolute Gasteiger partial charge is 0.495 e. The van der Waals surface area contributed by atoms with Crippen LogP contribution in [0, 0.1) is 0 Å². The maximum absolute atomic E-state index is 5.37. The highest BCUT2D eigenvalue weighted by Gasteiger charge is 2.22. The van der Waals surface area contributed by atoms with Crippen LogP contribution in [0.5, 0.6) is 5.75 Å². The van der Waals surface area contributed by atoms with E-state index in [1.807, 2.05) is 22.7 Å². The van der Waals surface area contributed by atoms with Crippen molar-refractivity contribution < 1.29 is 9.47 Å². The Labute approximate surface area is 93.0 Å². The number of nitrogens with zero attached hydrogens (tertiary/aromatic N) is 3. The van der Waals surface area contributed by atoms with Gasteiger partial charge in [-0.3, -0.25) is 4.40 Å². The van der Waals surface area contributed by atoms with Crippen LogP contribution in [-0.4, -0.2) is 34.9 Å². The van der Waals surface area contributed by atoms with Crippen molar-refractivity contribution >= 4 is 5.65 Å². The van der Waals surface area contributed by atoms with E-state index in [0.29, 0.717) is 5.92 Å². The molecule has 3 rings (SSSR count). The molecule has 0 saturated carbocycles. The highest BCUT2D eigenvalue weighted by molar-refractivity contribution is 5.41. The van der Waals surface area contributed by atoms with Crippen molar-refractivity contribution in [2.24, 2.45) is 0 Å². The number of aromatic nitrogens is 3. The van der Waals surface area contributed by atoms with Crippen molar-refractivity contribution in [3.8, 4) is 5.75 Å². The molecule has 3 heterocycles. The van der Waals surface area contributed by atoms with Gasteiger partial charge in [-0.25, -0.2) is 0 Å². The van der Waals surface area contributed by atoms with Gasteiger partial charge in [0.15, 0.2) is 5.65 Å². The van der Waals surface area contributed by atoms with Gasteiger partial charge in [-0.15, -0.1) is 10.2 Å². The maximum Gasteiger partial charge on any atom is 0.161 e. The summed E-state index contributed by atoms with van der Waals surface area (Å²) in [6, 6.07) is 3.80. The van der Waals surface area contributed by atoms with Crippen LogP contribution >= 0.6 is 0 Å². The second kappa shape index (κ2) is 3.75. The Morgan fingerprint density at radius 2 is 2.38 bits per heavy atom. The molecular weight excluding hydrogens is 206 g/mol. The van der Waals surface area contributed by atoms with Crippen LogP contribution in [0.15, 0.2) is 18.3 Å². The zero-order valence-electron chi connectivity index (χ0n) is 9.09. The highest BCUT2D eigenvalue weighted by atomic mass is 16.5. The van der Waals surface area contributed by atoms with Gasteiger partial charge in [0.2, 0.25) is 0 Å². The van der Waals surface area contributed by atoms with Crippen molar-refractivity contribution in [3.05, 3.63) is 24.2 Å². The first kappa shape index (κ1) is 9.59. The van der Waals surface area contributed by atoms with Gasteiger partial charge in [-0.05, 0) is 18.6 Å². The minimum Gasteiger partial charge on any atom is -0.495 e. The normalized spacial score (nSPS) is 20.4. The van der Waals surface area contributed by atoms with Crippen LogP contribution in [0.2, 0.25) is 0 Å². The predicted molar refractivity (Wildman–Crippen MR) is 57.7 cm³/mol. The van der Waals surface area contributed by atoms with Gasteiger partial charge >= 0.3 is 0 Å². The van der Waals surface area contributed by atoms with Crippen LogP contribution in [-0.2, 0) is 4.74 Å². The van der Waals surface area contributed by atoms with E-state index in [2.05, 4.69) is 10.2 Å². The van der Waals surface area contributed by atoms with Gasteiger partial charge in [0.25, 0.3) is 0 Å². The summed E-state index contributed by atoms with van der Waals surface area (Å²) >= 11 is 0. The second-order valence-electron chi connectivity index (χ2n) is 3.92. The third-order valence-corrected chi connectivity index (χ3v) is 2.93. The fourth-order valence-electron chi connectivity index (χ4n) is 2.03. The Hall–Kier alpha value is -1.62. The van der Waals surface area contributed by atoms with Gasteiger partial charge in [0, 0.05) is 12.5 Å². The maximum atomic E-state index is 5.37. The van der Waals surface area contributed by atoms with E-state index in [0.717, 1.165) is 36.9 Å². The van der Waals surface area contributed by atoms with Crippen molar-refractivity contribution in [3.63, 3.8) is 0 Å². The fraction of sp³-hybridized carbons (Fsp3) is 0.455. The second-order valence-corrected chi connectivity index (χ2v) is 3.92. The Balaban J connectivity index is 2.09. The molecule has 0 aromatic carbocycles. The summed E-state index contributed by atoms with van der Waals surface area (Å²) in [6.45, 7) is 1.54. The SMILES string of the molecule is COc1ccc2nnc(C3CCOC3)n2c1. The van der Waals surface area contributed by atoms with Crippen molar-refractivity contribution in [1.82, 2.24) is 14.6 Å². The zero-order chi connectivity index (χ0) is 11.0. The van der Waals surface area contributed by atoms with E-state index in [-0.39, 0.29) is 0 Å². The molecular formula is C11H13N3O2. The average Bonchev–Trinajstić information content (AvgIpc) is 2.96. The topological polar surface area (TPSA) is 48.7 Å². The van der Waals surface area contributed by atoms with Crippen LogP contribution in [0.4, 0.5) is 0 Å². The number of pyridine rings is 1. The van der Waals surface area contributed by atoms with Crippen LogP contribution < -0.4 is 4.74 Å². The molecule has 0 spiro atoms. The first-order valence-electron chi connectivity index (χ1n) is 5.35. The monoisotopic (exact) mass is 219 g/mol. The number of rotatable bonds is 2. The Kier molecular flexibility index (Phi) is 2.25. The third-order valence-electron chi connectivity index (χ3n) is 2.93. The lowest BCUT2D eigenvalue weighted by Crippen LogP contribution is -2.04. The Bertz CT molecular complexity index is 503. The molecule has 1 fully saturated rings. The minimum absolute atomic E-state index is 0.349. The number of hydrogen-bond donors (Lipinski definition) is 0. The van der Waals surface area contributed by atoms with E-state index in [1.54, 1.807) is 7.11 Å². The summed E-state index contributed by atoms with van der Waals surface area (Å²) in [5, 5.41) is 8.37. The van der Waals surface area contributed by atoms with Crippen LogP contribution in [0.25, 0.3) is 5.65 Å². The Morgan fingerprint density at radius 1 is 1.44 bits per heavy atom. The fourth-order valence-corrected chi connectivity index (χ4v) is 2.03. The molecule has 0 radical (unpaired) electrons. The minimum atomic E-state index is 0.349. The summed E-state index contributed by atoms with van der Waals surface area (Å²) in [4.78, 5) is 0. The summed E-state index contributed by atoms with van der Waals surface area (Å²) in [5.74, 6) is 2.13. The van der Waals surface area contributed by atoms with E-state index < -0.39 is 0 Å². The first-order valence-corrected chi connectivity index (χ1v) is 5.35. The summed E-state index contributed by atoms with van der Waals surface area (Å²) in [6.07, 6.45) is 2.93. The summed E-state index contributed by atoms with van der Waals surface area (Å²) < 4.78 is 12.6. The lowest BCUT2D eigenvalue weighted by Gasteiger charge is -2.06. The molecule has 5 nitrogen and oxygen atoms in total.